The number of carbonyl (C=O) groups is 1. The van der Waals surface area contributed by atoms with Crippen molar-refractivity contribution in [3.05, 3.63) is 71.4 Å². The molecule has 5 heteroatoms. The molecule has 2 aliphatic rings. The van der Waals surface area contributed by atoms with E-state index in [9.17, 15) is 4.79 Å². The highest BCUT2D eigenvalue weighted by Crippen LogP contribution is 2.36. The van der Waals surface area contributed by atoms with Crippen molar-refractivity contribution in [1.29, 1.82) is 0 Å². The minimum absolute atomic E-state index is 0.175. The first-order valence-corrected chi connectivity index (χ1v) is 12.3. The summed E-state index contributed by atoms with van der Waals surface area (Å²) in [5, 5.41) is 4.86. The van der Waals surface area contributed by atoms with Crippen LogP contribution >= 0.6 is 0 Å². The minimum Gasteiger partial charge on any atom is -0.439 e. The van der Waals surface area contributed by atoms with Crippen molar-refractivity contribution >= 4 is 5.91 Å². The maximum Gasteiger partial charge on any atom is 0.227 e. The van der Waals surface area contributed by atoms with Gasteiger partial charge in [0.25, 0.3) is 0 Å². The maximum atomic E-state index is 13.5. The Labute approximate surface area is 196 Å². The van der Waals surface area contributed by atoms with Gasteiger partial charge in [0.05, 0.1) is 23.5 Å². The Morgan fingerprint density at radius 2 is 1.79 bits per heavy atom. The lowest BCUT2D eigenvalue weighted by Gasteiger charge is -2.26. The van der Waals surface area contributed by atoms with Gasteiger partial charge in [0.2, 0.25) is 11.8 Å². The summed E-state index contributed by atoms with van der Waals surface area (Å²) in [6, 6.07) is 18.1. The molecule has 0 atom stereocenters. The predicted molar refractivity (Wildman–Crippen MR) is 130 cm³/mol. The fourth-order valence-electron chi connectivity index (χ4n) is 4.83. The molecule has 5 nitrogen and oxygen atoms in total. The van der Waals surface area contributed by atoms with E-state index < -0.39 is 0 Å². The molecule has 0 spiro atoms. The third-order valence-electron chi connectivity index (χ3n) is 6.88. The number of ether oxygens (including phenoxy) is 1. The van der Waals surface area contributed by atoms with Crippen LogP contribution in [0.25, 0.3) is 5.69 Å². The second kappa shape index (κ2) is 9.42. The molecule has 1 amide bonds. The van der Waals surface area contributed by atoms with Gasteiger partial charge in [-0.15, -0.1) is 0 Å². The van der Waals surface area contributed by atoms with Gasteiger partial charge in [0.1, 0.15) is 5.75 Å². The standard InChI is InChI=1S/C28H33N3O2/c1-20-9-8-14-25(17-20)33-28-26(21(2)29-31(28)24-12-4-3-5-13-24)19-30(18-22-15-16-22)27(32)23-10-6-7-11-23/h3-5,8-9,12-14,17,22-23H,6-7,10-11,15-16,18-19H2,1-2H3. The molecular formula is C28H33N3O2. The molecule has 0 N–H and O–H groups in total. The number of aryl methyl sites for hydroxylation is 2. The topological polar surface area (TPSA) is 47.4 Å². The van der Waals surface area contributed by atoms with Crippen molar-refractivity contribution in [2.75, 3.05) is 6.54 Å². The monoisotopic (exact) mass is 443 g/mol. The molecule has 33 heavy (non-hydrogen) atoms. The van der Waals surface area contributed by atoms with Crippen LogP contribution in [0.5, 0.6) is 11.6 Å². The molecule has 172 valence electrons. The zero-order valence-corrected chi connectivity index (χ0v) is 19.7. The van der Waals surface area contributed by atoms with Crippen LogP contribution in [0.1, 0.15) is 55.3 Å². The number of amides is 1. The molecule has 0 bridgehead atoms. The third-order valence-corrected chi connectivity index (χ3v) is 6.88. The number of para-hydroxylation sites is 1. The highest BCUT2D eigenvalue weighted by Gasteiger charge is 2.33. The second-order valence-electron chi connectivity index (χ2n) is 9.68. The number of aromatic nitrogens is 2. The van der Waals surface area contributed by atoms with Crippen LogP contribution in [-0.4, -0.2) is 27.1 Å². The number of rotatable bonds is 8. The summed E-state index contributed by atoms with van der Waals surface area (Å²) < 4.78 is 8.36. The van der Waals surface area contributed by atoms with Gasteiger partial charge < -0.3 is 9.64 Å². The van der Waals surface area contributed by atoms with Crippen molar-refractivity contribution in [3.63, 3.8) is 0 Å². The normalized spacial score (nSPS) is 16.2. The Balaban J connectivity index is 1.52. The summed E-state index contributed by atoms with van der Waals surface area (Å²) in [7, 11) is 0. The molecule has 2 aliphatic carbocycles. The maximum absolute atomic E-state index is 13.5. The largest absolute Gasteiger partial charge is 0.439 e. The highest BCUT2D eigenvalue weighted by atomic mass is 16.5. The fourth-order valence-corrected chi connectivity index (χ4v) is 4.83. The number of nitrogens with zero attached hydrogens (tertiary/aromatic N) is 3. The molecule has 0 radical (unpaired) electrons. The molecule has 5 rings (SSSR count). The van der Waals surface area contributed by atoms with E-state index in [2.05, 4.69) is 17.9 Å². The third kappa shape index (κ3) is 4.97. The Morgan fingerprint density at radius 3 is 2.48 bits per heavy atom. The van der Waals surface area contributed by atoms with Crippen LogP contribution < -0.4 is 4.74 Å². The van der Waals surface area contributed by atoms with Crippen LogP contribution in [0.15, 0.2) is 54.6 Å². The average Bonchev–Trinajstić information content (AvgIpc) is 3.36. The van der Waals surface area contributed by atoms with E-state index in [0.717, 1.165) is 47.6 Å². The van der Waals surface area contributed by atoms with Crippen LogP contribution in [0.4, 0.5) is 0 Å². The van der Waals surface area contributed by atoms with E-state index in [1.807, 2.05) is 60.1 Å². The number of carbonyl (C=O) groups excluding carboxylic acids is 1. The van der Waals surface area contributed by atoms with E-state index in [4.69, 9.17) is 9.84 Å². The number of hydrogen-bond acceptors (Lipinski definition) is 3. The lowest BCUT2D eigenvalue weighted by Crippen LogP contribution is -2.36. The van der Waals surface area contributed by atoms with Gasteiger partial charge in [0.15, 0.2) is 0 Å². The zero-order valence-electron chi connectivity index (χ0n) is 19.7. The Morgan fingerprint density at radius 1 is 1.03 bits per heavy atom. The van der Waals surface area contributed by atoms with E-state index in [1.165, 1.54) is 25.7 Å². The second-order valence-corrected chi connectivity index (χ2v) is 9.68. The Bertz CT molecular complexity index is 1110. The van der Waals surface area contributed by atoms with Gasteiger partial charge in [0, 0.05) is 12.5 Å². The summed E-state index contributed by atoms with van der Waals surface area (Å²) in [5.74, 6) is 2.61. The zero-order chi connectivity index (χ0) is 22.8. The van der Waals surface area contributed by atoms with Crippen molar-refractivity contribution < 1.29 is 9.53 Å². The SMILES string of the molecule is Cc1cccc(Oc2c(CN(CC3CC3)C(=O)C3CCCC3)c(C)nn2-c2ccccc2)c1. The van der Waals surface area contributed by atoms with E-state index in [-0.39, 0.29) is 5.92 Å². The summed E-state index contributed by atoms with van der Waals surface area (Å²) >= 11 is 0. The van der Waals surface area contributed by atoms with Gasteiger partial charge in [-0.25, -0.2) is 4.68 Å². The van der Waals surface area contributed by atoms with Gasteiger partial charge in [-0.1, -0.05) is 43.2 Å². The molecule has 3 aromatic rings. The first-order chi connectivity index (χ1) is 16.1. The Hall–Kier alpha value is -3.08. The number of hydrogen-bond donors (Lipinski definition) is 0. The molecule has 2 fully saturated rings. The molecule has 1 aromatic heterocycles. The van der Waals surface area contributed by atoms with E-state index in [0.29, 0.717) is 24.2 Å². The first-order valence-electron chi connectivity index (χ1n) is 12.3. The van der Waals surface area contributed by atoms with Crippen molar-refractivity contribution in [1.82, 2.24) is 14.7 Å². The minimum atomic E-state index is 0.175. The van der Waals surface area contributed by atoms with Crippen molar-refractivity contribution in [3.8, 4) is 17.3 Å². The lowest BCUT2D eigenvalue weighted by molar-refractivity contribution is -0.136. The Kier molecular flexibility index (Phi) is 6.21. The smallest absolute Gasteiger partial charge is 0.227 e. The lowest BCUT2D eigenvalue weighted by atomic mass is 10.1. The first kappa shape index (κ1) is 21.7. The van der Waals surface area contributed by atoms with Crippen LogP contribution in [-0.2, 0) is 11.3 Å². The molecule has 0 saturated heterocycles. The van der Waals surface area contributed by atoms with Crippen molar-refractivity contribution in [2.45, 2.75) is 58.9 Å². The molecule has 0 aliphatic heterocycles. The number of benzene rings is 2. The summed E-state index contributed by atoms with van der Waals surface area (Å²) in [6.45, 7) is 5.47. The van der Waals surface area contributed by atoms with E-state index in [1.54, 1.807) is 0 Å². The fraction of sp³-hybridized carbons (Fsp3) is 0.429. The quantitative estimate of drug-likeness (QED) is 0.416. The highest BCUT2D eigenvalue weighted by molar-refractivity contribution is 5.79. The summed E-state index contributed by atoms with van der Waals surface area (Å²) in [5.41, 5.74) is 3.99. The summed E-state index contributed by atoms with van der Waals surface area (Å²) in [6.07, 6.45) is 6.83. The van der Waals surface area contributed by atoms with Gasteiger partial charge >= 0.3 is 0 Å². The molecule has 2 aromatic carbocycles. The average molecular weight is 444 g/mol. The van der Waals surface area contributed by atoms with Crippen LogP contribution in [0.2, 0.25) is 0 Å². The molecule has 1 heterocycles. The van der Waals surface area contributed by atoms with E-state index >= 15 is 0 Å². The van der Waals surface area contributed by atoms with Gasteiger partial charge in [-0.05, 0) is 75.3 Å². The van der Waals surface area contributed by atoms with Crippen LogP contribution in [0, 0.1) is 25.7 Å². The molecular weight excluding hydrogens is 410 g/mol. The van der Waals surface area contributed by atoms with Crippen LogP contribution in [0.3, 0.4) is 0 Å². The molecule has 0 unspecified atom stereocenters. The van der Waals surface area contributed by atoms with Crippen molar-refractivity contribution in [2.24, 2.45) is 11.8 Å². The van der Waals surface area contributed by atoms with Gasteiger partial charge in [-0.2, -0.15) is 5.10 Å². The predicted octanol–water partition coefficient (Wildman–Crippen LogP) is 6.21. The van der Waals surface area contributed by atoms with Gasteiger partial charge in [-0.3, -0.25) is 4.79 Å². The summed E-state index contributed by atoms with van der Waals surface area (Å²) in [4.78, 5) is 15.6. The molecule has 2 saturated carbocycles.